The molecular formula is C25H39NO2. The van der Waals surface area contributed by atoms with Gasteiger partial charge in [-0.3, -0.25) is 0 Å². The van der Waals surface area contributed by atoms with E-state index in [1.807, 2.05) is 46.8 Å². The topological polar surface area (TPSA) is 21.7 Å². The third kappa shape index (κ3) is 6.63. The Bertz CT molecular complexity index is 733. The maximum absolute atomic E-state index is 5.72. The fourth-order valence-electron chi connectivity index (χ4n) is 2.87. The Morgan fingerprint density at radius 3 is 2.00 bits per heavy atom. The van der Waals surface area contributed by atoms with Crippen molar-refractivity contribution in [2.75, 3.05) is 32.7 Å². The SMILES string of the molecule is C/C=C(/c1ccc(OC)c(OCC)c1)c1ccc(C)c(N(C)C)c1.CC.CC. The van der Waals surface area contributed by atoms with E-state index in [0.29, 0.717) is 6.61 Å². The van der Waals surface area contributed by atoms with Crippen LogP contribution in [0.15, 0.2) is 42.5 Å². The van der Waals surface area contributed by atoms with Crippen molar-refractivity contribution < 1.29 is 9.47 Å². The number of anilines is 1. The van der Waals surface area contributed by atoms with Crippen molar-refractivity contribution >= 4 is 11.3 Å². The summed E-state index contributed by atoms with van der Waals surface area (Å²) in [6.45, 7) is 14.8. The molecule has 0 radical (unpaired) electrons. The average Bonchev–Trinajstić information content (AvgIpc) is 2.73. The van der Waals surface area contributed by atoms with Crippen molar-refractivity contribution in [3.63, 3.8) is 0 Å². The Morgan fingerprint density at radius 1 is 0.929 bits per heavy atom. The molecule has 0 N–H and O–H groups in total. The number of aryl methyl sites for hydroxylation is 1. The maximum atomic E-state index is 5.72. The molecule has 3 nitrogen and oxygen atoms in total. The second-order valence-electron chi connectivity index (χ2n) is 5.90. The molecule has 0 spiro atoms. The maximum Gasteiger partial charge on any atom is 0.161 e. The molecule has 0 fully saturated rings. The zero-order chi connectivity index (χ0) is 21.7. The van der Waals surface area contributed by atoms with Gasteiger partial charge in [0.2, 0.25) is 0 Å². The number of allylic oxidation sites excluding steroid dienone is 1. The predicted octanol–water partition coefficient (Wildman–Crippen LogP) is 6.97. The first kappa shape index (κ1) is 25.6. The van der Waals surface area contributed by atoms with Gasteiger partial charge in [-0.2, -0.15) is 0 Å². The van der Waals surface area contributed by atoms with Crippen molar-refractivity contribution in [2.45, 2.75) is 48.5 Å². The zero-order valence-electron chi connectivity index (χ0n) is 19.5. The lowest BCUT2D eigenvalue weighted by atomic mass is 9.95. The van der Waals surface area contributed by atoms with E-state index >= 15 is 0 Å². The van der Waals surface area contributed by atoms with Gasteiger partial charge in [0.05, 0.1) is 13.7 Å². The molecule has 2 aromatic carbocycles. The van der Waals surface area contributed by atoms with Crippen LogP contribution >= 0.6 is 0 Å². The average molecular weight is 386 g/mol. The van der Waals surface area contributed by atoms with Crippen LogP contribution < -0.4 is 14.4 Å². The molecule has 0 aliphatic rings. The van der Waals surface area contributed by atoms with Gasteiger partial charge in [-0.25, -0.2) is 0 Å². The third-order valence-electron chi connectivity index (χ3n) is 4.07. The molecule has 0 aliphatic heterocycles. The Balaban J connectivity index is 0.00000171. The first-order chi connectivity index (χ1) is 13.5. The second-order valence-corrected chi connectivity index (χ2v) is 5.90. The summed E-state index contributed by atoms with van der Waals surface area (Å²) in [6.07, 6.45) is 2.14. The van der Waals surface area contributed by atoms with Gasteiger partial charge in [0.25, 0.3) is 0 Å². The fourth-order valence-corrected chi connectivity index (χ4v) is 2.87. The number of hydrogen-bond donors (Lipinski definition) is 0. The van der Waals surface area contributed by atoms with Crippen LogP contribution in [0.3, 0.4) is 0 Å². The highest BCUT2D eigenvalue weighted by Gasteiger charge is 2.11. The molecule has 0 bridgehead atoms. The Kier molecular flexibility index (Phi) is 12.5. The van der Waals surface area contributed by atoms with Gasteiger partial charge in [0, 0.05) is 19.8 Å². The monoisotopic (exact) mass is 385 g/mol. The van der Waals surface area contributed by atoms with Crippen LogP contribution in [0.25, 0.3) is 5.57 Å². The van der Waals surface area contributed by atoms with E-state index in [0.717, 1.165) is 17.1 Å². The summed E-state index contributed by atoms with van der Waals surface area (Å²) in [5.74, 6) is 1.53. The van der Waals surface area contributed by atoms with Crippen molar-refractivity contribution in [1.29, 1.82) is 0 Å². The van der Waals surface area contributed by atoms with Crippen molar-refractivity contribution in [3.8, 4) is 11.5 Å². The van der Waals surface area contributed by atoms with E-state index in [1.54, 1.807) is 7.11 Å². The van der Waals surface area contributed by atoms with Crippen molar-refractivity contribution in [3.05, 3.63) is 59.2 Å². The van der Waals surface area contributed by atoms with Gasteiger partial charge in [-0.05, 0) is 61.2 Å². The minimum absolute atomic E-state index is 0.611. The van der Waals surface area contributed by atoms with Crippen LogP contribution in [-0.4, -0.2) is 27.8 Å². The Morgan fingerprint density at radius 2 is 1.50 bits per heavy atom. The molecule has 28 heavy (non-hydrogen) atoms. The van der Waals surface area contributed by atoms with E-state index in [2.05, 4.69) is 63.2 Å². The molecule has 0 saturated carbocycles. The summed E-state index contributed by atoms with van der Waals surface area (Å²) in [7, 11) is 5.81. The van der Waals surface area contributed by atoms with Crippen LogP contribution in [0.2, 0.25) is 0 Å². The Labute approximate surface area is 173 Å². The number of methoxy groups -OCH3 is 1. The van der Waals surface area contributed by atoms with Gasteiger partial charge < -0.3 is 14.4 Å². The fraction of sp³-hybridized carbons (Fsp3) is 0.440. The van der Waals surface area contributed by atoms with Gasteiger partial charge in [0.15, 0.2) is 11.5 Å². The van der Waals surface area contributed by atoms with Crippen LogP contribution in [0.4, 0.5) is 5.69 Å². The molecule has 3 heteroatoms. The van der Waals surface area contributed by atoms with Gasteiger partial charge in [0.1, 0.15) is 0 Å². The highest BCUT2D eigenvalue weighted by Crippen LogP contribution is 2.34. The van der Waals surface area contributed by atoms with E-state index < -0.39 is 0 Å². The minimum Gasteiger partial charge on any atom is -0.493 e. The van der Waals surface area contributed by atoms with Crippen molar-refractivity contribution in [2.24, 2.45) is 0 Å². The molecule has 0 atom stereocenters. The predicted molar refractivity (Wildman–Crippen MR) is 125 cm³/mol. The number of benzene rings is 2. The molecule has 2 rings (SSSR count). The smallest absolute Gasteiger partial charge is 0.161 e. The number of hydrogen-bond acceptors (Lipinski definition) is 3. The largest absolute Gasteiger partial charge is 0.493 e. The molecule has 0 amide bonds. The quantitative estimate of drug-likeness (QED) is 0.536. The lowest BCUT2D eigenvalue weighted by Gasteiger charge is -2.18. The number of ether oxygens (including phenoxy) is 2. The summed E-state index contributed by atoms with van der Waals surface area (Å²) in [5, 5.41) is 0. The first-order valence-electron chi connectivity index (χ1n) is 10.3. The van der Waals surface area contributed by atoms with Crippen LogP contribution in [0.5, 0.6) is 11.5 Å². The molecule has 0 heterocycles. The normalized spacial score (nSPS) is 10.1. The molecule has 2 aromatic rings. The lowest BCUT2D eigenvalue weighted by molar-refractivity contribution is 0.311. The summed E-state index contributed by atoms with van der Waals surface area (Å²) >= 11 is 0. The van der Waals surface area contributed by atoms with Gasteiger partial charge in [-0.15, -0.1) is 0 Å². The van der Waals surface area contributed by atoms with Gasteiger partial charge in [-0.1, -0.05) is 52.0 Å². The van der Waals surface area contributed by atoms with E-state index in [9.17, 15) is 0 Å². The standard InChI is InChI=1S/C21H27NO2.2C2H6/c1-7-18(16-10-9-15(3)19(13-16)22(4)5)17-11-12-20(23-6)21(14-17)24-8-2;2*1-2/h7,9-14H,8H2,1-6H3;2*1-2H3/b18-7+;;. The highest BCUT2D eigenvalue weighted by molar-refractivity contribution is 5.82. The highest BCUT2D eigenvalue weighted by atomic mass is 16.5. The second kappa shape index (κ2) is 13.7. The summed E-state index contributed by atoms with van der Waals surface area (Å²) in [6, 6.07) is 12.7. The molecule has 0 aliphatic carbocycles. The van der Waals surface area contributed by atoms with Crippen molar-refractivity contribution in [1.82, 2.24) is 0 Å². The van der Waals surface area contributed by atoms with Gasteiger partial charge >= 0.3 is 0 Å². The van der Waals surface area contributed by atoms with E-state index in [-0.39, 0.29) is 0 Å². The third-order valence-corrected chi connectivity index (χ3v) is 4.07. The zero-order valence-corrected chi connectivity index (χ0v) is 19.5. The minimum atomic E-state index is 0.611. The molecule has 0 saturated heterocycles. The molecular weight excluding hydrogens is 346 g/mol. The summed E-state index contributed by atoms with van der Waals surface area (Å²) in [4.78, 5) is 2.14. The van der Waals surface area contributed by atoms with Crippen LogP contribution in [0.1, 0.15) is 58.2 Å². The Hall–Kier alpha value is -2.42. The number of nitrogens with zero attached hydrogens (tertiary/aromatic N) is 1. The van der Waals surface area contributed by atoms with Crippen LogP contribution in [-0.2, 0) is 0 Å². The van der Waals surface area contributed by atoms with E-state index in [1.165, 1.54) is 22.4 Å². The first-order valence-corrected chi connectivity index (χ1v) is 10.3. The molecule has 0 aromatic heterocycles. The summed E-state index contributed by atoms with van der Waals surface area (Å²) < 4.78 is 11.1. The van der Waals surface area contributed by atoms with Crippen LogP contribution in [0, 0.1) is 6.92 Å². The lowest BCUT2D eigenvalue weighted by Crippen LogP contribution is -2.10. The summed E-state index contributed by atoms with van der Waals surface area (Å²) in [5.41, 5.74) is 5.99. The molecule has 0 unspecified atom stereocenters. The van der Waals surface area contributed by atoms with E-state index in [4.69, 9.17) is 9.47 Å². The molecule has 156 valence electrons. The number of rotatable bonds is 6.